The summed E-state index contributed by atoms with van der Waals surface area (Å²) >= 11 is 0. The van der Waals surface area contributed by atoms with Crippen molar-refractivity contribution in [3.05, 3.63) is 23.8 Å². The minimum absolute atomic E-state index is 0.129. The summed E-state index contributed by atoms with van der Waals surface area (Å²) in [7, 11) is -3.04. The van der Waals surface area contributed by atoms with Gasteiger partial charge in [0.25, 0.3) is 0 Å². The minimum Gasteiger partial charge on any atom is -0.495 e. The number of hydrogen-bond acceptors (Lipinski definition) is 5. The molecule has 1 aromatic carbocycles. The zero-order chi connectivity index (χ0) is 18.0. The van der Waals surface area contributed by atoms with Gasteiger partial charge in [-0.05, 0) is 25.1 Å². The first-order valence-electron chi connectivity index (χ1n) is 6.00. The fourth-order valence-electron chi connectivity index (χ4n) is 1.65. The predicted molar refractivity (Wildman–Crippen MR) is 72.4 cm³/mol. The highest BCUT2D eigenvalue weighted by molar-refractivity contribution is 7.89. The van der Waals surface area contributed by atoms with Crippen molar-refractivity contribution in [1.82, 2.24) is 5.32 Å². The van der Waals surface area contributed by atoms with Gasteiger partial charge < -0.3 is 10.1 Å². The van der Waals surface area contributed by atoms with Gasteiger partial charge in [0, 0.05) is 5.56 Å². The first kappa shape index (κ1) is 18.9. The average molecular weight is 354 g/mol. The summed E-state index contributed by atoms with van der Waals surface area (Å²) in [5, 5.41) is 6.46. The lowest BCUT2D eigenvalue weighted by Gasteiger charge is -2.15. The maximum atomic E-state index is 12.2. The fraction of sp³-hybridized carbons (Fsp3) is 0.333. The number of ether oxygens (including phenoxy) is 1. The van der Waals surface area contributed by atoms with Crippen LogP contribution in [-0.2, 0) is 14.8 Å². The summed E-state index contributed by atoms with van der Waals surface area (Å²) in [6.07, 6.45) is -5.14. The van der Waals surface area contributed by atoms with E-state index in [-0.39, 0.29) is 11.3 Å². The van der Waals surface area contributed by atoms with Gasteiger partial charge in [0.05, 0.1) is 13.2 Å². The largest absolute Gasteiger partial charge is 0.495 e. The maximum Gasteiger partial charge on any atom is 0.471 e. The van der Waals surface area contributed by atoms with Crippen LogP contribution in [0.4, 0.5) is 13.2 Å². The molecule has 0 radical (unpaired) electrons. The van der Waals surface area contributed by atoms with E-state index in [0.29, 0.717) is 0 Å². The Labute approximate surface area is 129 Å². The average Bonchev–Trinajstić information content (AvgIpc) is 2.43. The number of carbonyl (C=O) groups is 2. The number of Topliss-reactive ketones (excluding diaryl/α,β-unsaturated/α-hetero) is 1. The van der Waals surface area contributed by atoms with Crippen LogP contribution < -0.4 is 15.2 Å². The first-order chi connectivity index (χ1) is 10.4. The van der Waals surface area contributed by atoms with Crippen molar-refractivity contribution in [2.24, 2.45) is 5.14 Å². The van der Waals surface area contributed by atoms with Crippen molar-refractivity contribution in [3.63, 3.8) is 0 Å². The van der Waals surface area contributed by atoms with Crippen LogP contribution in [0.15, 0.2) is 23.1 Å². The Kier molecular flexibility index (Phi) is 5.38. The molecule has 7 nitrogen and oxygen atoms in total. The molecule has 11 heteroatoms. The van der Waals surface area contributed by atoms with E-state index in [1.54, 1.807) is 0 Å². The Morgan fingerprint density at radius 3 is 2.30 bits per heavy atom. The molecule has 3 N–H and O–H groups in total. The van der Waals surface area contributed by atoms with Gasteiger partial charge in [-0.15, -0.1) is 0 Å². The Bertz CT molecular complexity index is 731. The molecule has 1 unspecified atom stereocenters. The number of amides is 1. The van der Waals surface area contributed by atoms with E-state index in [2.05, 4.69) is 0 Å². The molecular formula is C12H13F3N2O5S. The van der Waals surface area contributed by atoms with Crippen LogP contribution in [0.5, 0.6) is 5.75 Å². The molecule has 0 fully saturated rings. The van der Waals surface area contributed by atoms with Gasteiger partial charge in [-0.1, -0.05) is 0 Å². The van der Waals surface area contributed by atoms with Gasteiger partial charge in [-0.25, -0.2) is 13.6 Å². The highest BCUT2D eigenvalue weighted by atomic mass is 32.2. The highest BCUT2D eigenvalue weighted by Crippen LogP contribution is 2.24. The zero-order valence-corrected chi connectivity index (χ0v) is 12.8. The second-order valence-electron chi connectivity index (χ2n) is 4.47. The molecule has 1 rings (SSSR count). The van der Waals surface area contributed by atoms with E-state index in [1.807, 2.05) is 0 Å². The van der Waals surface area contributed by atoms with E-state index >= 15 is 0 Å². The van der Waals surface area contributed by atoms with Crippen molar-refractivity contribution >= 4 is 21.7 Å². The molecule has 0 heterocycles. The number of methoxy groups -OCH3 is 1. The van der Waals surface area contributed by atoms with Crippen LogP contribution in [0.2, 0.25) is 0 Å². The van der Waals surface area contributed by atoms with E-state index in [4.69, 9.17) is 9.88 Å². The number of nitrogens with two attached hydrogens (primary N) is 1. The molecule has 0 aliphatic heterocycles. The van der Waals surface area contributed by atoms with Crippen LogP contribution in [0.25, 0.3) is 0 Å². The zero-order valence-electron chi connectivity index (χ0n) is 12.0. The molecule has 0 aliphatic carbocycles. The Morgan fingerprint density at radius 2 is 1.87 bits per heavy atom. The van der Waals surface area contributed by atoms with Crippen molar-refractivity contribution in [2.45, 2.75) is 24.0 Å². The van der Waals surface area contributed by atoms with Gasteiger partial charge >= 0.3 is 12.1 Å². The number of benzene rings is 1. The summed E-state index contributed by atoms with van der Waals surface area (Å²) in [5.41, 5.74) is -0.246. The molecule has 1 atom stereocenters. The number of sulfonamides is 1. The standard InChI is InChI=1S/C12H13F3N2O5S/c1-6(17-11(19)12(13,14)15)10(18)7-3-4-8(22-2)9(5-7)23(16,20)21/h3-6H,1-2H3,(H,17,19)(H2,16,20,21). The van der Waals surface area contributed by atoms with Crippen LogP contribution in [0.3, 0.4) is 0 Å². The van der Waals surface area contributed by atoms with Crippen LogP contribution in [0.1, 0.15) is 17.3 Å². The van der Waals surface area contributed by atoms with Gasteiger partial charge in [-0.2, -0.15) is 13.2 Å². The Balaban J connectivity index is 3.12. The highest BCUT2D eigenvalue weighted by Gasteiger charge is 2.40. The molecule has 0 aliphatic rings. The second kappa shape index (κ2) is 6.54. The molecule has 1 amide bonds. The van der Waals surface area contributed by atoms with Crippen LogP contribution in [0, 0.1) is 0 Å². The third-order valence-electron chi connectivity index (χ3n) is 2.75. The maximum absolute atomic E-state index is 12.2. The summed E-state index contributed by atoms with van der Waals surface area (Å²) in [4.78, 5) is 22.3. The molecule has 128 valence electrons. The smallest absolute Gasteiger partial charge is 0.471 e. The van der Waals surface area contributed by atoms with Crippen LogP contribution in [-0.4, -0.2) is 39.4 Å². The van der Waals surface area contributed by atoms with E-state index < -0.39 is 38.8 Å². The molecule has 0 aromatic heterocycles. The molecule has 0 saturated heterocycles. The quantitative estimate of drug-likeness (QED) is 0.751. The summed E-state index contributed by atoms with van der Waals surface area (Å²) < 4.78 is 64.1. The number of hydrogen-bond donors (Lipinski definition) is 2. The third-order valence-corrected chi connectivity index (χ3v) is 3.69. The van der Waals surface area contributed by atoms with Gasteiger partial charge in [-0.3, -0.25) is 9.59 Å². The number of halogens is 3. The summed E-state index contributed by atoms with van der Waals surface area (Å²) in [6.45, 7) is 1.03. The number of primary sulfonamides is 1. The van der Waals surface area contributed by atoms with Gasteiger partial charge in [0.1, 0.15) is 10.6 Å². The topological polar surface area (TPSA) is 116 Å². The summed E-state index contributed by atoms with van der Waals surface area (Å²) in [5.74, 6) is -3.33. The number of alkyl halides is 3. The molecule has 0 spiro atoms. The predicted octanol–water partition coefficient (Wildman–Crippen LogP) is 0.592. The van der Waals surface area contributed by atoms with Gasteiger partial charge in [0.15, 0.2) is 5.78 Å². The SMILES string of the molecule is COc1ccc(C(=O)C(C)NC(=O)C(F)(F)F)cc1S(N)(=O)=O. The monoisotopic (exact) mass is 354 g/mol. The Morgan fingerprint density at radius 1 is 1.30 bits per heavy atom. The minimum atomic E-state index is -5.14. The number of ketones is 1. The molecule has 0 saturated carbocycles. The van der Waals surface area contributed by atoms with Crippen molar-refractivity contribution in [3.8, 4) is 5.75 Å². The molecular weight excluding hydrogens is 341 g/mol. The van der Waals surface area contributed by atoms with E-state index in [9.17, 15) is 31.2 Å². The lowest BCUT2D eigenvalue weighted by Crippen LogP contribution is -2.45. The van der Waals surface area contributed by atoms with Gasteiger partial charge in [0.2, 0.25) is 10.0 Å². The summed E-state index contributed by atoms with van der Waals surface area (Å²) in [6, 6.07) is 1.62. The molecule has 0 bridgehead atoms. The van der Waals surface area contributed by atoms with Crippen molar-refractivity contribution in [1.29, 1.82) is 0 Å². The van der Waals surface area contributed by atoms with Crippen molar-refractivity contribution in [2.75, 3.05) is 7.11 Å². The number of nitrogens with one attached hydrogen (secondary N) is 1. The third kappa shape index (κ3) is 4.66. The number of carbonyl (C=O) groups excluding carboxylic acids is 2. The van der Waals surface area contributed by atoms with E-state index in [0.717, 1.165) is 25.1 Å². The van der Waals surface area contributed by atoms with Crippen LogP contribution >= 0.6 is 0 Å². The second-order valence-corrected chi connectivity index (χ2v) is 6.00. The molecule has 23 heavy (non-hydrogen) atoms. The van der Waals surface area contributed by atoms with E-state index in [1.165, 1.54) is 12.4 Å². The first-order valence-corrected chi connectivity index (χ1v) is 7.55. The lowest BCUT2D eigenvalue weighted by molar-refractivity contribution is -0.173. The number of rotatable bonds is 5. The van der Waals surface area contributed by atoms with Crippen molar-refractivity contribution < 1.29 is 35.9 Å². The lowest BCUT2D eigenvalue weighted by atomic mass is 10.1. The molecule has 1 aromatic rings. The normalized spacial score (nSPS) is 13.3. The fourth-order valence-corrected chi connectivity index (χ4v) is 2.37. The Hall–Kier alpha value is -2.14.